The van der Waals surface area contributed by atoms with E-state index in [1.807, 2.05) is 6.07 Å². The molecule has 17 heavy (non-hydrogen) atoms. The van der Waals surface area contributed by atoms with Crippen molar-refractivity contribution < 1.29 is 4.79 Å². The molecule has 0 saturated heterocycles. The summed E-state index contributed by atoms with van der Waals surface area (Å²) in [5.41, 5.74) is 0. The van der Waals surface area contributed by atoms with E-state index < -0.39 is 0 Å². The zero-order valence-corrected chi connectivity index (χ0v) is 13.8. The van der Waals surface area contributed by atoms with Gasteiger partial charge in [0.2, 0.25) is 0 Å². The largest absolute Gasteiger partial charge is 0.293 e. The molecule has 1 heterocycles. The topological polar surface area (TPSA) is 17.1 Å². The summed E-state index contributed by atoms with van der Waals surface area (Å²) in [5, 5.41) is 0. The van der Waals surface area contributed by atoms with Crippen LogP contribution in [0.4, 0.5) is 0 Å². The number of hydrogen-bond donors (Lipinski definition) is 0. The number of rotatable bonds is 3. The fourth-order valence-electron chi connectivity index (χ4n) is 2.50. The Kier molecular flexibility index (Phi) is 4.84. The summed E-state index contributed by atoms with van der Waals surface area (Å²) in [7, 11) is 0. The van der Waals surface area contributed by atoms with Crippen LogP contribution in [0.2, 0.25) is 0 Å². The monoisotopic (exact) mass is 378 g/mol. The highest BCUT2D eigenvalue weighted by molar-refractivity contribution is 9.13. The number of carbonyl (C=O) groups excluding carboxylic acids is 1. The average molecular weight is 380 g/mol. The molecule has 1 aliphatic carbocycles. The van der Waals surface area contributed by atoms with Gasteiger partial charge in [0.1, 0.15) is 0 Å². The van der Waals surface area contributed by atoms with E-state index >= 15 is 0 Å². The number of ketones is 1. The van der Waals surface area contributed by atoms with Crippen LogP contribution < -0.4 is 0 Å². The van der Waals surface area contributed by atoms with Crippen LogP contribution in [-0.4, -0.2) is 5.78 Å². The standard InChI is InChI=1S/C13H16Br2OS/c1-2-8-3-5-9(6-4-8)12(16)11-7-10(14)13(15)17-11/h7-9H,2-6H2,1H3. The second-order valence-electron chi connectivity index (χ2n) is 4.72. The van der Waals surface area contributed by atoms with Crippen LogP contribution in [0.1, 0.15) is 48.7 Å². The molecular formula is C13H16Br2OS. The van der Waals surface area contributed by atoms with Crippen molar-refractivity contribution in [2.45, 2.75) is 39.0 Å². The zero-order chi connectivity index (χ0) is 12.4. The molecule has 1 saturated carbocycles. The van der Waals surface area contributed by atoms with E-state index in [1.54, 1.807) is 11.3 Å². The third-order valence-corrected chi connectivity index (χ3v) is 6.95. The Morgan fingerprint density at radius 3 is 2.47 bits per heavy atom. The lowest BCUT2D eigenvalue weighted by Crippen LogP contribution is -2.21. The lowest BCUT2D eigenvalue weighted by molar-refractivity contribution is 0.0875. The Labute approximate surface area is 123 Å². The summed E-state index contributed by atoms with van der Waals surface area (Å²) in [6.45, 7) is 2.25. The van der Waals surface area contributed by atoms with E-state index in [4.69, 9.17) is 0 Å². The quantitative estimate of drug-likeness (QED) is 0.618. The van der Waals surface area contributed by atoms with Crippen molar-refractivity contribution in [1.82, 2.24) is 0 Å². The minimum Gasteiger partial charge on any atom is -0.293 e. The summed E-state index contributed by atoms with van der Waals surface area (Å²) in [6.07, 6.45) is 5.85. The third kappa shape index (κ3) is 3.21. The molecule has 1 aromatic rings. The SMILES string of the molecule is CCC1CCC(C(=O)c2cc(Br)c(Br)s2)CC1. The highest BCUT2D eigenvalue weighted by atomic mass is 79.9. The van der Waals surface area contributed by atoms with Crippen LogP contribution >= 0.6 is 43.2 Å². The molecular weight excluding hydrogens is 364 g/mol. The molecule has 0 unspecified atom stereocenters. The highest BCUT2D eigenvalue weighted by Crippen LogP contribution is 2.37. The van der Waals surface area contributed by atoms with Crippen LogP contribution in [0, 0.1) is 11.8 Å². The Morgan fingerprint density at radius 1 is 1.35 bits per heavy atom. The number of Topliss-reactive ketones (excluding diaryl/α,β-unsaturated/α-hetero) is 1. The molecule has 0 N–H and O–H groups in total. The van der Waals surface area contributed by atoms with Gasteiger partial charge in [-0.1, -0.05) is 13.3 Å². The summed E-state index contributed by atoms with van der Waals surface area (Å²) >= 11 is 8.43. The maximum absolute atomic E-state index is 12.3. The molecule has 0 atom stereocenters. The van der Waals surface area contributed by atoms with Gasteiger partial charge in [0, 0.05) is 10.4 Å². The van der Waals surface area contributed by atoms with E-state index in [2.05, 4.69) is 38.8 Å². The van der Waals surface area contributed by atoms with Crippen molar-refractivity contribution >= 4 is 49.0 Å². The maximum atomic E-state index is 12.3. The smallest absolute Gasteiger partial charge is 0.175 e. The van der Waals surface area contributed by atoms with Gasteiger partial charge >= 0.3 is 0 Å². The second-order valence-corrected chi connectivity index (χ2v) is 7.95. The van der Waals surface area contributed by atoms with Crippen molar-refractivity contribution in [2.24, 2.45) is 11.8 Å². The van der Waals surface area contributed by atoms with Gasteiger partial charge < -0.3 is 0 Å². The van der Waals surface area contributed by atoms with Crippen LogP contribution in [0.15, 0.2) is 14.3 Å². The second kappa shape index (κ2) is 5.98. The van der Waals surface area contributed by atoms with Gasteiger partial charge in [-0.15, -0.1) is 11.3 Å². The fourth-order valence-corrected chi connectivity index (χ4v) is 4.56. The molecule has 94 valence electrons. The lowest BCUT2D eigenvalue weighted by Gasteiger charge is -2.26. The summed E-state index contributed by atoms with van der Waals surface area (Å²) in [4.78, 5) is 13.2. The van der Waals surface area contributed by atoms with Crippen molar-refractivity contribution in [3.63, 3.8) is 0 Å². The molecule has 1 aromatic heterocycles. The van der Waals surface area contributed by atoms with Gasteiger partial charge in [-0.05, 0) is 69.5 Å². The predicted molar refractivity (Wildman–Crippen MR) is 79.8 cm³/mol. The molecule has 0 radical (unpaired) electrons. The van der Waals surface area contributed by atoms with Gasteiger partial charge in [-0.3, -0.25) is 4.79 Å². The Hall–Kier alpha value is 0.330. The number of hydrogen-bond acceptors (Lipinski definition) is 2. The first-order chi connectivity index (χ1) is 8.11. The van der Waals surface area contributed by atoms with E-state index in [0.717, 1.165) is 31.9 Å². The van der Waals surface area contributed by atoms with Crippen LogP contribution in [0.25, 0.3) is 0 Å². The van der Waals surface area contributed by atoms with Crippen molar-refractivity contribution in [1.29, 1.82) is 0 Å². The van der Waals surface area contributed by atoms with Crippen molar-refractivity contribution in [3.05, 3.63) is 19.2 Å². The first-order valence-corrected chi connectivity index (χ1v) is 8.51. The van der Waals surface area contributed by atoms with E-state index in [1.165, 1.54) is 19.3 Å². The molecule has 1 aliphatic rings. The molecule has 0 bridgehead atoms. The van der Waals surface area contributed by atoms with Gasteiger partial charge in [0.05, 0.1) is 8.66 Å². The third-order valence-electron chi connectivity index (χ3n) is 3.68. The molecule has 1 nitrogen and oxygen atoms in total. The predicted octanol–water partition coefficient (Wildman–Crippen LogP) is 5.67. The Morgan fingerprint density at radius 2 is 2.00 bits per heavy atom. The normalized spacial score (nSPS) is 24.9. The van der Waals surface area contributed by atoms with E-state index in [0.29, 0.717) is 5.78 Å². The minimum absolute atomic E-state index is 0.259. The molecule has 0 amide bonds. The van der Waals surface area contributed by atoms with Gasteiger partial charge in [0.25, 0.3) is 0 Å². The van der Waals surface area contributed by atoms with Crippen LogP contribution in [-0.2, 0) is 0 Å². The summed E-state index contributed by atoms with van der Waals surface area (Å²) < 4.78 is 2.01. The lowest BCUT2D eigenvalue weighted by atomic mass is 9.79. The summed E-state index contributed by atoms with van der Waals surface area (Å²) in [5.74, 6) is 1.45. The first-order valence-electron chi connectivity index (χ1n) is 6.10. The Balaban J connectivity index is 2.01. The number of halogens is 2. The maximum Gasteiger partial charge on any atom is 0.175 e. The number of carbonyl (C=O) groups is 1. The van der Waals surface area contributed by atoms with Crippen LogP contribution in [0.3, 0.4) is 0 Å². The van der Waals surface area contributed by atoms with E-state index in [9.17, 15) is 4.79 Å². The molecule has 4 heteroatoms. The number of thiophene rings is 1. The summed E-state index contributed by atoms with van der Waals surface area (Å²) in [6, 6.07) is 1.95. The highest BCUT2D eigenvalue weighted by Gasteiger charge is 2.27. The fraction of sp³-hybridized carbons (Fsp3) is 0.615. The molecule has 1 fully saturated rings. The molecule has 2 rings (SSSR count). The van der Waals surface area contributed by atoms with E-state index in [-0.39, 0.29) is 5.92 Å². The van der Waals surface area contributed by atoms with Crippen molar-refractivity contribution in [3.8, 4) is 0 Å². The van der Waals surface area contributed by atoms with Crippen LogP contribution in [0.5, 0.6) is 0 Å². The molecule has 0 spiro atoms. The van der Waals surface area contributed by atoms with Gasteiger partial charge in [0.15, 0.2) is 5.78 Å². The first kappa shape index (κ1) is 13.8. The molecule has 0 aliphatic heterocycles. The van der Waals surface area contributed by atoms with Crippen molar-refractivity contribution in [2.75, 3.05) is 0 Å². The Bertz CT molecular complexity index is 386. The van der Waals surface area contributed by atoms with Gasteiger partial charge in [-0.2, -0.15) is 0 Å². The average Bonchev–Trinajstić information content (AvgIpc) is 2.69. The van der Waals surface area contributed by atoms with Gasteiger partial charge in [-0.25, -0.2) is 0 Å². The zero-order valence-electron chi connectivity index (χ0n) is 9.84. The molecule has 0 aromatic carbocycles. The minimum atomic E-state index is 0.259.